The van der Waals surface area contributed by atoms with Gasteiger partial charge in [0.05, 0.1) is 5.41 Å². The molecule has 1 atom stereocenters. The van der Waals surface area contributed by atoms with Gasteiger partial charge in [0.25, 0.3) is 0 Å². The van der Waals surface area contributed by atoms with Crippen molar-refractivity contribution in [2.24, 2.45) is 5.41 Å². The van der Waals surface area contributed by atoms with Gasteiger partial charge in [0.1, 0.15) is 0 Å². The Balaban J connectivity index is 1.99. The Labute approximate surface area is 124 Å². The Bertz CT molecular complexity index is 565. The van der Waals surface area contributed by atoms with Crippen LogP contribution in [0.15, 0.2) is 30.3 Å². The molecule has 2 rings (SSSR count). The summed E-state index contributed by atoms with van der Waals surface area (Å²) in [6.45, 7) is 2.95. The first-order valence-corrected chi connectivity index (χ1v) is 6.99. The topological polar surface area (TPSA) is 75.4 Å². The van der Waals surface area contributed by atoms with E-state index in [1.54, 1.807) is 36.2 Å². The van der Waals surface area contributed by atoms with Crippen molar-refractivity contribution in [2.45, 2.75) is 13.3 Å². The number of nitrogens with one attached hydrogen (secondary N) is 1. The number of carbonyl (C=O) groups is 2. The number of nitrogens with zero attached hydrogens (tertiary/aromatic N) is 1. The van der Waals surface area contributed by atoms with E-state index >= 15 is 0 Å². The van der Waals surface area contributed by atoms with Crippen LogP contribution in [0.4, 0.5) is 5.69 Å². The summed E-state index contributed by atoms with van der Waals surface area (Å²) in [6, 6.07) is 7.31. The molecule has 1 saturated heterocycles. The fourth-order valence-corrected chi connectivity index (χ4v) is 2.52. The third-order valence-corrected chi connectivity index (χ3v) is 3.92. The molecule has 1 aromatic carbocycles. The maximum atomic E-state index is 12.2. The van der Waals surface area contributed by atoms with Gasteiger partial charge < -0.3 is 16.0 Å². The molecule has 1 aliphatic rings. The lowest BCUT2D eigenvalue weighted by Gasteiger charge is -2.22. The average molecular weight is 287 g/mol. The highest BCUT2D eigenvalue weighted by Crippen LogP contribution is 2.30. The van der Waals surface area contributed by atoms with Crippen LogP contribution in [0.2, 0.25) is 0 Å². The molecule has 0 saturated carbocycles. The van der Waals surface area contributed by atoms with Crippen molar-refractivity contribution in [3.8, 4) is 0 Å². The quantitative estimate of drug-likeness (QED) is 0.649. The van der Waals surface area contributed by atoms with Crippen LogP contribution in [0.1, 0.15) is 18.9 Å². The first kappa shape index (κ1) is 15.1. The normalized spacial score (nSPS) is 21.7. The predicted octanol–water partition coefficient (Wildman–Crippen LogP) is 1.27. The molecule has 21 heavy (non-hydrogen) atoms. The van der Waals surface area contributed by atoms with Crippen LogP contribution in [0.25, 0.3) is 6.08 Å². The molecule has 0 radical (unpaired) electrons. The Hall–Kier alpha value is -2.30. The standard InChI is InChI=1S/C16H21N3O2/c1-16(15(21)18-2)9-10-19(11-16)14(20)8-5-12-3-6-13(17)7-4-12/h3-8H,9-11,17H2,1-2H3,(H,18,21)/b8-5+. The lowest BCUT2D eigenvalue weighted by molar-refractivity contribution is -0.130. The number of carbonyl (C=O) groups excluding carboxylic acids is 2. The molecule has 0 spiro atoms. The van der Waals surface area contributed by atoms with E-state index in [1.807, 2.05) is 19.1 Å². The van der Waals surface area contributed by atoms with Crippen molar-refractivity contribution in [2.75, 3.05) is 25.9 Å². The van der Waals surface area contributed by atoms with Crippen LogP contribution in [0.5, 0.6) is 0 Å². The molecule has 1 heterocycles. The van der Waals surface area contributed by atoms with Gasteiger partial charge in [-0.3, -0.25) is 9.59 Å². The van der Waals surface area contributed by atoms with E-state index in [4.69, 9.17) is 5.73 Å². The van der Waals surface area contributed by atoms with Crippen LogP contribution >= 0.6 is 0 Å². The van der Waals surface area contributed by atoms with Crippen LogP contribution in [-0.4, -0.2) is 36.9 Å². The molecule has 3 N–H and O–H groups in total. The number of rotatable bonds is 3. The summed E-state index contributed by atoms with van der Waals surface area (Å²) in [7, 11) is 1.62. The highest BCUT2D eigenvalue weighted by molar-refractivity contribution is 5.93. The van der Waals surface area contributed by atoms with Gasteiger partial charge in [-0.25, -0.2) is 0 Å². The zero-order valence-corrected chi connectivity index (χ0v) is 12.4. The summed E-state index contributed by atoms with van der Waals surface area (Å²) < 4.78 is 0. The maximum absolute atomic E-state index is 12.2. The molecule has 112 valence electrons. The number of benzene rings is 1. The smallest absolute Gasteiger partial charge is 0.246 e. The molecule has 1 aliphatic heterocycles. The van der Waals surface area contributed by atoms with Crippen LogP contribution in [-0.2, 0) is 9.59 Å². The van der Waals surface area contributed by atoms with Gasteiger partial charge in [-0.05, 0) is 37.1 Å². The van der Waals surface area contributed by atoms with Crippen molar-refractivity contribution in [3.05, 3.63) is 35.9 Å². The summed E-state index contributed by atoms with van der Waals surface area (Å²) in [4.78, 5) is 25.7. The number of hydrogen-bond acceptors (Lipinski definition) is 3. The van der Waals surface area contributed by atoms with E-state index in [-0.39, 0.29) is 11.8 Å². The summed E-state index contributed by atoms with van der Waals surface area (Å²) in [6.07, 6.45) is 3.99. The van der Waals surface area contributed by atoms with E-state index in [9.17, 15) is 9.59 Å². The van der Waals surface area contributed by atoms with Gasteiger partial charge >= 0.3 is 0 Å². The molecule has 1 fully saturated rings. The van der Waals surface area contributed by atoms with Crippen LogP contribution < -0.4 is 11.1 Å². The monoisotopic (exact) mass is 287 g/mol. The van der Waals surface area contributed by atoms with E-state index in [0.29, 0.717) is 25.2 Å². The summed E-state index contributed by atoms with van der Waals surface area (Å²) in [5.41, 5.74) is 6.75. The minimum Gasteiger partial charge on any atom is -0.399 e. The third-order valence-electron chi connectivity index (χ3n) is 3.92. The van der Waals surface area contributed by atoms with Gasteiger partial charge in [0, 0.05) is 31.9 Å². The molecule has 5 nitrogen and oxygen atoms in total. The average Bonchev–Trinajstić information content (AvgIpc) is 2.89. The van der Waals surface area contributed by atoms with Crippen molar-refractivity contribution in [3.63, 3.8) is 0 Å². The van der Waals surface area contributed by atoms with Crippen molar-refractivity contribution in [1.29, 1.82) is 0 Å². The number of likely N-dealkylation sites (tertiary alicyclic amines) is 1. The summed E-state index contributed by atoms with van der Waals surface area (Å²) >= 11 is 0. The Morgan fingerprint density at radius 3 is 2.62 bits per heavy atom. The number of hydrogen-bond donors (Lipinski definition) is 2. The number of amides is 2. The van der Waals surface area contributed by atoms with Gasteiger partial charge in [-0.1, -0.05) is 12.1 Å². The largest absolute Gasteiger partial charge is 0.399 e. The van der Waals surface area contributed by atoms with E-state index in [0.717, 1.165) is 5.56 Å². The molecular formula is C16H21N3O2. The molecule has 1 unspecified atom stereocenters. The molecule has 0 bridgehead atoms. The van der Waals surface area contributed by atoms with E-state index < -0.39 is 5.41 Å². The number of anilines is 1. The molecule has 2 amide bonds. The van der Waals surface area contributed by atoms with Gasteiger partial charge in [0.15, 0.2) is 0 Å². The lowest BCUT2D eigenvalue weighted by Crippen LogP contribution is -2.40. The zero-order chi connectivity index (χ0) is 15.5. The minimum atomic E-state index is -0.487. The fourth-order valence-electron chi connectivity index (χ4n) is 2.52. The Morgan fingerprint density at radius 1 is 1.33 bits per heavy atom. The molecule has 0 aliphatic carbocycles. The number of nitrogen functional groups attached to an aromatic ring is 1. The van der Waals surface area contributed by atoms with Gasteiger partial charge in [0.2, 0.25) is 11.8 Å². The summed E-state index contributed by atoms with van der Waals surface area (Å²) in [5, 5.41) is 2.66. The van der Waals surface area contributed by atoms with Crippen molar-refractivity contribution in [1.82, 2.24) is 10.2 Å². The molecule has 0 aromatic heterocycles. The summed E-state index contributed by atoms with van der Waals surface area (Å²) in [5.74, 6) is -0.0835. The highest BCUT2D eigenvalue weighted by Gasteiger charge is 2.40. The maximum Gasteiger partial charge on any atom is 0.246 e. The van der Waals surface area contributed by atoms with E-state index in [2.05, 4.69) is 5.32 Å². The first-order valence-electron chi connectivity index (χ1n) is 6.99. The van der Waals surface area contributed by atoms with Crippen LogP contribution in [0.3, 0.4) is 0 Å². The van der Waals surface area contributed by atoms with Gasteiger partial charge in [-0.15, -0.1) is 0 Å². The lowest BCUT2D eigenvalue weighted by atomic mass is 9.89. The van der Waals surface area contributed by atoms with E-state index in [1.165, 1.54) is 0 Å². The molecule has 1 aromatic rings. The highest BCUT2D eigenvalue weighted by atomic mass is 16.2. The molecular weight excluding hydrogens is 266 g/mol. The van der Waals surface area contributed by atoms with Crippen molar-refractivity contribution >= 4 is 23.6 Å². The number of nitrogens with two attached hydrogens (primary N) is 1. The van der Waals surface area contributed by atoms with Crippen LogP contribution in [0, 0.1) is 5.41 Å². The molecule has 5 heteroatoms. The second kappa shape index (κ2) is 5.99. The van der Waals surface area contributed by atoms with Gasteiger partial charge in [-0.2, -0.15) is 0 Å². The SMILES string of the molecule is CNC(=O)C1(C)CCN(C(=O)/C=C/c2ccc(N)cc2)C1. The van der Waals surface area contributed by atoms with Crippen molar-refractivity contribution < 1.29 is 9.59 Å². The third kappa shape index (κ3) is 3.42. The zero-order valence-electron chi connectivity index (χ0n) is 12.4. The minimum absolute atomic E-state index is 0.0136. The second-order valence-corrected chi connectivity index (χ2v) is 5.65. The Kier molecular flexibility index (Phi) is 4.31. The first-order chi connectivity index (χ1) is 9.94. The fraction of sp³-hybridized carbons (Fsp3) is 0.375. The second-order valence-electron chi connectivity index (χ2n) is 5.65. The predicted molar refractivity (Wildman–Crippen MR) is 83.3 cm³/mol. The Morgan fingerprint density at radius 2 is 2.00 bits per heavy atom.